The van der Waals surface area contributed by atoms with Crippen molar-refractivity contribution in [3.63, 3.8) is 0 Å². The quantitative estimate of drug-likeness (QED) is 0.675. The zero-order valence-electron chi connectivity index (χ0n) is 13.8. The maximum absolute atomic E-state index is 12.1. The third-order valence-corrected chi connectivity index (χ3v) is 4.66. The van der Waals surface area contributed by atoms with Gasteiger partial charge in [-0.2, -0.15) is 0 Å². The van der Waals surface area contributed by atoms with Crippen LogP contribution in [0.1, 0.15) is 23.0 Å². The molecular weight excluding hydrogens is 399 g/mol. The topological polar surface area (TPSA) is 84.5 Å². The number of carbonyl (C=O) groups is 3. The van der Waals surface area contributed by atoms with Gasteiger partial charge in [-0.25, -0.2) is 0 Å². The molecule has 0 spiro atoms. The predicted octanol–water partition coefficient (Wildman–Crippen LogP) is 3.75. The molecule has 0 bridgehead atoms. The summed E-state index contributed by atoms with van der Waals surface area (Å²) in [5.74, 6) is -1.39. The van der Waals surface area contributed by atoms with Gasteiger partial charge in [0, 0.05) is 11.6 Å². The molecule has 2 amide bonds. The Kier molecular flexibility index (Phi) is 7.44. The highest BCUT2D eigenvalue weighted by Crippen LogP contribution is 2.25. The normalized spacial score (nSPS) is 11.5. The molecule has 1 aromatic carbocycles. The Labute approximate surface area is 164 Å². The van der Waals surface area contributed by atoms with Gasteiger partial charge in [0.15, 0.2) is 6.10 Å². The van der Waals surface area contributed by atoms with Crippen molar-refractivity contribution < 1.29 is 19.1 Å². The molecule has 1 aromatic heterocycles. The van der Waals surface area contributed by atoms with Gasteiger partial charge < -0.3 is 15.4 Å². The van der Waals surface area contributed by atoms with Gasteiger partial charge in [-0.3, -0.25) is 14.4 Å². The van der Waals surface area contributed by atoms with E-state index in [9.17, 15) is 14.4 Å². The average molecular weight is 415 g/mol. The van der Waals surface area contributed by atoms with Crippen LogP contribution in [0.15, 0.2) is 35.7 Å². The van der Waals surface area contributed by atoms with Gasteiger partial charge in [-0.15, -0.1) is 11.3 Å². The summed E-state index contributed by atoms with van der Waals surface area (Å²) in [6.45, 7) is 1.56. The molecule has 2 aromatic rings. The molecule has 1 unspecified atom stereocenters. The van der Waals surface area contributed by atoms with Crippen LogP contribution >= 0.6 is 34.5 Å². The molecule has 138 valence electrons. The number of thiophene rings is 1. The van der Waals surface area contributed by atoms with Gasteiger partial charge in [0.2, 0.25) is 0 Å². The van der Waals surface area contributed by atoms with Gasteiger partial charge >= 0.3 is 5.97 Å². The number of ether oxygens (including phenoxy) is 1. The van der Waals surface area contributed by atoms with Crippen LogP contribution in [0, 0.1) is 0 Å². The van der Waals surface area contributed by atoms with Gasteiger partial charge in [0.25, 0.3) is 11.8 Å². The van der Waals surface area contributed by atoms with Crippen molar-refractivity contribution in [1.29, 1.82) is 0 Å². The van der Waals surface area contributed by atoms with E-state index in [2.05, 4.69) is 10.6 Å². The lowest BCUT2D eigenvalue weighted by Gasteiger charge is -2.14. The van der Waals surface area contributed by atoms with Gasteiger partial charge in [-0.05, 0) is 36.6 Å². The van der Waals surface area contributed by atoms with Gasteiger partial charge in [-0.1, -0.05) is 29.3 Å². The Morgan fingerprint density at radius 2 is 2.00 bits per heavy atom. The van der Waals surface area contributed by atoms with Crippen molar-refractivity contribution >= 4 is 58.0 Å². The first-order valence-electron chi connectivity index (χ1n) is 7.64. The van der Waals surface area contributed by atoms with Crippen LogP contribution in [0.25, 0.3) is 0 Å². The van der Waals surface area contributed by atoms with Crippen molar-refractivity contribution in [2.24, 2.45) is 0 Å². The molecule has 1 atom stereocenters. The lowest BCUT2D eigenvalue weighted by molar-refractivity contribution is -0.153. The minimum absolute atomic E-state index is 0.0490. The Balaban J connectivity index is 1.76. The largest absolute Gasteiger partial charge is 0.452 e. The molecule has 26 heavy (non-hydrogen) atoms. The van der Waals surface area contributed by atoms with Crippen LogP contribution in [0.5, 0.6) is 0 Å². The summed E-state index contributed by atoms with van der Waals surface area (Å²) in [6.07, 6.45) is -1.07. The highest BCUT2D eigenvalue weighted by molar-refractivity contribution is 7.12. The lowest BCUT2D eigenvalue weighted by Crippen LogP contribution is -2.32. The molecule has 0 aliphatic carbocycles. The molecule has 0 saturated carbocycles. The van der Waals surface area contributed by atoms with Crippen LogP contribution in [-0.2, 0) is 14.3 Å². The van der Waals surface area contributed by atoms with E-state index in [1.54, 1.807) is 29.6 Å². The van der Waals surface area contributed by atoms with E-state index >= 15 is 0 Å². The van der Waals surface area contributed by atoms with Crippen molar-refractivity contribution in [2.75, 3.05) is 11.9 Å². The molecule has 0 radical (unpaired) electrons. The fraction of sp³-hybridized carbons (Fsp3) is 0.235. The number of hydrogen-bond donors (Lipinski definition) is 2. The monoisotopic (exact) mass is 414 g/mol. The molecule has 0 aliphatic heterocycles. The number of rotatable bonds is 7. The highest BCUT2D eigenvalue weighted by Gasteiger charge is 2.19. The average Bonchev–Trinajstić information content (AvgIpc) is 3.12. The highest BCUT2D eigenvalue weighted by atomic mass is 35.5. The number of benzene rings is 1. The number of anilines is 1. The second kappa shape index (κ2) is 9.56. The maximum atomic E-state index is 12.1. The van der Waals surface area contributed by atoms with Crippen LogP contribution in [0.3, 0.4) is 0 Å². The molecule has 6 nitrogen and oxygen atoms in total. The summed E-state index contributed by atoms with van der Waals surface area (Å²) in [7, 11) is 0. The van der Waals surface area contributed by atoms with E-state index in [-0.39, 0.29) is 18.9 Å². The van der Waals surface area contributed by atoms with E-state index in [1.807, 2.05) is 0 Å². The molecule has 2 rings (SSSR count). The number of amides is 2. The zero-order valence-corrected chi connectivity index (χ0v) is 16.1. The minimum Gasteiger partial charge on any atom is -0.452 e. The van der Waals surface area contributed by atoms with E-state index < -0.39 is 18.0 Å². The molecule has 0 aliphatic rings. The van der Waals surface area contributed by atoms with E-state index in [4.69, 9.17) is 27.9 Å². The predicted molar refractivity (Wildman–Crippen MR) is 102 cm³/mol. The zero-order chi connectivity index (χ0) is 19.1. The molecule has 1 heterocycles. The Hall–Kier alpha value is -2.09. The minimum atomic E-state index is -1.02. The smallest absolute Gasteiger partial charge is 0.308 e. The Morgan fingerprint density at radius 1 is 1.23 bits per heavy atom. The summed E-state index contributed by atoms with van der Waals surface area (Å²) in [6, 6.07) is 8.09. The SMILES string of the molecule is CC(OC(=O)CCNC(=O)c1cccs1)C(=O)Nc1cc(Cl)ccc1Cl. The first-order chi connectivity index (χ1) is 12.4. The second-order valence-electron chi connectivity index (χ2n) is 5.23. The third kappa shape index (κ3) is 6.01. The number of esters is 1. The van der Waals surface area contributed by atoms with Crippen molar-refractivity contribution in [2.45, 2.75) is 19.4 Å². The van der Waals surface area contributed by atoms with Crippen molar-refractivity contribution in [3.8, 4) is 0 Å². The molecular formula is C17H16Cl2N2O4S. The summed E-state index contributed by atoms with van der Waals surface area (Å²) in [5.41, 5.74) is 0.329. The first-order valence-corrected chi connectivity index (χ1v) is 9.27. The van der Waals surface area contributed by atoms with Crippen LogP contribution < -0.4 is 10.6 Å². The summed E-state index contributed by atoms with van der Waals surface area (Å²) >= 11 is 13.1. The van der Waals surface area contributed by atoms with Crippen LogP contribution in [0.2, 0.25) is 10.0 Å². The standard InChI is InChI=1S/C17H16Cl2N2O4S/c1-10(16(23)21-13-9-11(18)4-5-12(13)19)25-15(22)6-7-20-17(24)14-3-2-8-26-14/h2-5,8-10H,6-7H2,1H3,(H,20,24)(H,21,23). The fourth-order valence-electron chi connectivity index (χ4n) is 1.91. The van der Waals surface area contributed by atoms with Gasteiger partial charge in [0.05, 0.1) is 22.0 Å². The second-order valence-corrected chi connectivity index (χ2v) is 7.02. The summed E-state index contributed by atoms with van der Waals surface area (Å²) in [5, 5.41) is 7.68. The van der Waals surface area contributed by atoms with Gasteiger partial charge in [0.1, 0.15) is 0 Å². The molecule has 0 fully saturated rings. The van der Waals surface area contributed by atoms with Crippen LogP contribution in [0.4, 0.5) is 5.69 Å². The number of nitrogens with one attached hydrogen (secondary N) is 2. The molecule has 0 saturated heterocycles. The Morgan fingerprint density at radius 3 is 2.69 bits per heavy atom. The van der Waals surface area contributed by atoms with Crippen molar-refractivity contribution in [3.05, 3.63) is 50.6 Å². The van der Waals surface area contributed by atoms with E-state index in [0.717, 1.165) is 0 Å². The molecule has 2 N–H and O–H groups in total. The lowest BCUT2D eigenvalue weighted by atomic mass is 10.3. The molecule has 9 heteroatoms. The maximum Gasteiger partial charge on any atom is 0.308 e. The van der Waals surface area contributed by atoms with E-state index in [0.29, 0.717) is 20.6 Å². The van der Waals surface area contributed by atoms with Crippen LogP contribution in [-0.4, -0.2) is 30.4 Å². The number of hydrogen-bond acceptors (Lipinski definition) is 5. The third-order valence-electron chi connectivity index (χ3n) is 3.22. The number of halogens is 2. The summed E-state index contributed by atoms with van der Waals surface area (Å²) < 4.78 is 5.05. The first kappa shape index (κ1) is 20.2. The fourth-order valence-corrected chi connectivity index (χ4v) is 2.89. The number of carbonyl (C=O) groups excluding carboxylic acids is 3. The Bertz CT molecular complexity index is 796. The summed E-state index contributed by atoms with van der Waals surface area (Å²) in [4.78, 5) is 36.2. The van der Waals surface area contributed by atoms with Crippen molar-refractivity contribution in [1.82, 2.24) is 5.32 Å². The van der Waals surface area contributed by atoms with E-state index in [1.165, 1.54) is 24.3 Å².